The van der Waals surface area contributed by atoms with E-state index in [0.29, 0.717) is 16.1 Å². The van der Waals surface area contributed by atoms with E-state index in [4.69, 9.17) is 0 Å². The third-order valence-corrected chi connectivity index (χ3v) is 6.69. The number of aryl methyl sites for hydroxylation is 1. The molecule has 0 atom stereocenters. The Morgan fingerprint density at radius 2 is 1.62 bits per heavy atom. The number of hydrazone groups is 1. The van der Waals surface area contributed by atoms with Crippen LogP contribution in [0.15, 0.2) is 88.9 Å². The molecule has 0 fully saturated rings. The number of carbonyl (C=O) groups excluding carboxylic acids is 1. The number of anilines is 1. The minimum Gasteiger partial charge on any atom is -0.271 e. The lowest BCUT2D eigenvalue weighted by molar-refractivity contribution is -0.137. The molecule has 10 heteroatoms. The smallest absolute Gasteiger partial charge is 0.271 e. The predicted octanol–water partition coefficient (Wildman–Crippen LogP) is 4.75. The lowest BCUT2D eigenvalue weighted by Gasteiger charge is -2.24. The van der Waals surface area contributed by atoms with Crippen LogP contribution in [0.5, 0.6) is 0 Å². The van der Waals surface area contributed by atoms with Crippen LogP contribution >= 0.6 is 0 Å². The maximum Gasteiger partial charge on any atom is 0.416 e. The van der Waals surface area contributed by atoms with Gasteiger partial charge in [0.15, 0.2) is 0 Å². The third kappa shape index (κ3) is 6.02. The molecule has 0 saturated heterocycles. The van der Waals surface area contributed by atoms with E-state index in [2.05, 4.69) is 10.5 Å². The number of hydrogen-bond donors (Lipinski definition) is 1. The number of rotatable bonds is 7. The molecule has 0 aliphatic carbocycles. The fourth-order valence-electron chi connectivity index (χ4n) is 3.04. The summed E-state index contributed by atoms with van der Waals surface area (Å²) < 4.78 is 66.9. The van der Waals surface area contributed by atoms with Crippen molar-refractivity contribution in [1.29, 1.82) is 0 Å². The summed E-state index contributed by atoms with van der Waals surface area (Å²) in [6.07, 6.45) is -4.68. The number of hydrogen-bond acceptors (Lipinski definition) is 4. The molecule has 0 heterocycles. The third-order valence-electron chi connectivity index (χ3n) is 4.90. The molecule has 0 unspecified atom stereocenters. The van der Waals surface area contributed by atoms with E-state index < -0.39 is 34.2 Å². The van der Waals surface area contributed by atoms with Gasteiger partial charge in [0, 0.05) is 0 Å². The maximum absolute atomic E-state index is 13.2. The number of amides is 1. The topological polar surface area (TPSA) is 78.8 Å². The van der Waals surface area contributed by atoms with Gasteiger partial charge in [-0.2, -0.15) is 18.3 Å². The van der Waals surface area contributed by atoms with Crippen molar-refractivity contribution in [2.75, 3.05) is 10.8 Å². The van der Waals surface area contributed by atoms with Crippen molar-refractivity contribution in [3.63, 3.8) is 0 Å². The molecule has 3 rings (SSSR count). The number of sulfonamides is 1. The second-order valence-electron chi connectivity index (χ2n) is 7.47. The van der Waals surface area contributed by atoms with E-state index in [-0.39, 0.29) is 10.6 Å². The van der Waals surface area contributed by atoms with Gasteiger partial charge in [0.25, 0.3) is 15.9 Å². The Bertz CT molecular complexity index is 1290. The number of benzene rings is 3. The molecular formula is C24H22F3N3O3S. The van der Waals surface area contributed by atoms with Crippen LogP contribution in [0.2, 0.25) is 0 Å². The molecule has 0 saturated carbocycles. The van der Waals surface area contributed by atoms with Crippen molar-refractivity contribution >= 4 is 27.3 Å². The van der Waals surface area contributed by atoms with Gasteiger partial charge in [0.1, 0.15) is 6.54 Å². The average molecular weight is 490 g/mol. The normalized spacial score (nSPS) is 12.3. The molecule has 3 aromatic rings. The molecule has 34 heavy (non-hydrogen) atoms. The Labute approximate surface area is 195 Å². The van der Waals surface area contributed by atoms with Gasteiger partial charge in [0.05, 0.1) is 21.9 Å². The summed E-state index contributed by atoms with van der Waals surface area (Å²) >= 11 is 0. The van der Waals surface area contributed by atoms with Gasteiger partial charge in [-0.15, -0.1) is 0 Å². The van der Waals surface area contributed by atoms with Crippen molar-refractivity contribution in [3.05, 3.63) is 95.6 Å². The van der Waals surface area contributed by atoms with Crippen LogP contribution in [0.1, 0.15) is 23.6 Å². The summed E-state index contributed by atoms with van der Waals surface area (Å²) in [5.74, 6) is -0.816. The average Bonchev–Trinajstić information content (AvgIpc) is 2.81. The Morgan fingerprint density at radius 3 is 2.24 bits per heavy atom. The molecule has 0 bridgehead atoms. The zero-order valence-electron chi connectivity index (χ0n) is 18.4. The highest BCUT2D eigenvalue weighted by Crippen LogP contribution is 2.33. The standard InChI is InChI=1S/C24H22F3N3O3S/c1-17-11-13-19(14-12-17)18(2)28-29-23(31)16-30(34(32,33)22-9-4-3-5-10-22)21-8-6-7-20(15-21)24(25,26)27/h3-15H,16H2,1-2H3,(H,29,31)/b28-18-. The first-order chi connectivity index (χ1) is 16.0. The van der Waals surface area contributed by atoms with Crippen LogP contribution in [-0.4, -0.2) is 26.6 Å². The molecule has 0 spiro atoms. The lowest BCUT2D eigenvalue weighted by atomic mass is 10.1. The van der Waals surface area contributed by atoms with Gasteiger partial charge in [-0.1, -0.05) is 54.1 Å². The number of nitrogens with one attached hydrogen (secondary N) is 1. The zero-order valence-corrected chi connectivity index (χ0v) is 19.2. The minimum atomic E-state index is -4.68. The van der Waals surface area contributed by atoms with Gasteiger partial charge in [-0.25, -0.2) is 13.8 Å². The molecule has 1 amide bonds. The minimum absolute atomic E-state index is 0.167. The molecule has 0 aromatic heterocycles. The molecule has 0 aliphatic heterocycles. The zero-order chi connectivity index (χ0) is 24.9. The summed E-state index contributed by atoms with van der Waals surface area (Å²) in [5, 5.41) is 4.00. The van der Waals surface area contributed by atoms with Gasteiger partial charge >= 0.3 is 6.18 Å². The van der Waals surface area contributed by atoms with Crippen molar-refractivity contribution in [3.8, 4) is 0 Å². The second kappa shape index (κ2) is 10.1. The Balaban J connectivity index is 1.92. The van der Waals surface area contributed by atoms with Gasteiger partial charge in [-0.05, 0) is 49.7 Å². The molecule has 6 nitrogen and oxygen atoms in total. The highest BCUT2D eigenvalue weighted by molar-refractivity contribution is 7.92. The van der Waals surface area contributed by atoms with E-state index in [1.54, 1.807) is 13.0 Å². The fourth-order valence-corrected chi connectivity index (χ4v) is 4.48. The quantitative estimate of drug-likeness (QED) is 0.384. The molecule has 0 aliphatic rings. The molecular weight excluding hydrogens is 467 g/mol. The van der Waals surface area contributed by atoms with Crippen molar-refractivity contribution in [2.45, 2.75) is 24.9 Å². The van der Waals surface area contributed by atoms with E-state index >= 15 is 0 Å². The van der Waals surface area contributed by atoms with E-state index in [0.717, 1.165) is 23.3 Å². The Hall–Kier alpha value is -3.66. The predicted molar refractivity (Wildman–Crippen MR) is 124 cm³/mol. The van der Waals surface area contributed by atoms with Crippen LogP contribution in [0, 0.1) is 6.92 Å². The monoisotopic (exact) mass is 489 g/mol. The SMILES string of the molecule is C/C(=N/NC(=O)CN(c1cccc(C(F)(F)F)c1)S(=O)(=O)c1ccccc1)c1ccc(C)cc1. The summed E-state index contributed by atoms with van der Waals surface area (Å²) in [7, 11) is -4.35. The molecule has 3 aromatic carbocycles. The largest absolute Gasteiger partial charge is 0.416 e. The Morgan fingerprint density at radius 1 is 0.971 bits per heavy atom. The lowest BCUT2D eigenvalue weighted by Crippen LogP contribution is -2.39. The van der Waals surface area contributed by atoms with Gasteiger partial charge in [0.2, 0.25) is 0 Å². The van der Waals surface area contributed by atoms with Gasteiger partial charge in [-0.3, -0.25) is 9.10 Å². The van der Waals surface area contributed by atoms with E-state index in [9.17, 15) is 26.4 Å². The first-order valence-electron chi connectivity index (χ1n) is 10.1. The molecule has 0 radical (unpaired) electrons. The molecule has 178 valence electrons. The number of halogens is 3. The first kappa shape index (κ1) is 25.0. The number of alkyl halides is 3. The van der Waals surface area contributed by atoms with Crippen LogP contribution in [0.3, 0.4) is 0 Å². The van der Waals surface area contributed by atoms with Crippen molar-refractivity contribution in [1.82, 2.24) is 5.43 Å². The van der Waals surface area contributed by atoms with Crippen LogP contribution in [0.25, 0.3) is 0 Å². The summed E-state index contributed by atoms with van der Waals surface area (Å²) in [6.45, 7) is 2.81. The summed E-state index contributed by atoms with van der Waals surface area (Å²) in [6, 6.07) is 18.3. The highest BCUT2D eigenvalue weighted by atomic mass is 32.2. The Kier molecular flexibility index (Phi) is 7.41. The molecule has 1 N–H and O–H groups in total. The highest BCUT2D eigenvalue weighted by Gasteiger charge is 2.33. The van der Waals surface area contributed by atoms with Crippen LogP contribution in [0.4, 0.5) is 18.9 Å². The fraction of sp³-hybridized carbons (Fsp3) is 0.167. The van der Waals surface area contributed by atoms with Crippen LogP contribution < -0.4 is 9.73 Å². The first-order valence-corrected chi connectivity index (χ1v) is 11.6. The maximum atomic E-state index is 13.2. The second-order valence-corrected chi connectivity index (χ2v) is 9.33. The van der Waals surface area contributed by atoms with E-state index in [1.807, 2.05) is 31.2 Å². The number of carbonyl (C=O) groups is 1. The number of nitrogens with zero attached hydrogens (tertiary/aromatic N) is 2. The van der Waals surface area contributed by atoms with E-state index in [1.165, 1.54) is 30.3 Å². The van der Waals surface area contributed by atoms with Crippen LogP contribution in [-0.2, 0) is 21.0 Å². The van der Waals surface area contributed by atoms with Crippen molar-refractivity contribution in [2.24, 2.45) is 5.10 Å². The summed E-state index contributed by atoms with van der Waals surface area (Å²) in [5.41, 5.74) is 3.22. The van der Waals surface area contributed by atoms with Gasteiger partial charge < -0.3 is 0 Å². The summed E-state index contributed by atoms with van der Waals surface area (Å²) in [4.78, 5) is 12.5. The van der Waals surface area contributed by atoms with Crippen molar-refractivity contribution < 1.29 is 26.4 Å².